The van der Waals surface area contributed by atoms with Gasteiger partial charge in [0.15, 0.2) is 0 Å². The zero-order valence-electron chi connectivity index (χ0n) is 7.27. The highest BCUT2D eigenvalue weighted by Gasteiger charge is 2.14. The largest absolute Gasteiger partial charge is 0.399 e. The lowest BCUT2D eigenvalue weighted by atomic mass is 10.2. The van der Waals surface area contributed by atoms with E-state index in [1.54, 1.807) is 0 Å². The minimum Gasteiger partial charge on any atom is -0.327 e. The van der Waals surface area contributed by atoms with Crippen molar-refractivity contribution in [2.75, 3.05) is 0 Å². The van der Waals surface area contributed by atoms with Crippen molar-refractivity contribution in [1.82, 2.24) is 9.71 Å². The molecular weight excluding hydrogens is 172 g/mol. The zero-order valence-corrected chi connectivity index (χ0v) is 7.27. The van der Waals surface area contributed by atoms with Crippen molar-refractivity contribution in [1.29, 1.82) is 0 Å². The van der Waals surface area contributed by atoms with Crippen LogP contribution in [0, 0.1) is 0 Å². The van der Waals surface area contributed by atoms with Gasteiger partial charge in [-0.3, -0.25) is 4.79 Å². The lowest BCUT2D eigenvalue weighted by Crippen LogP contribution is -2.26. The van der Waals surface area contributed by atoms with Crippen LogP contribution < -0.4 is 4.84 Å². The average Bonchev–Trinajstić information content (AvgIpc) is 2.57. The highest BCUT2D eigenvalue weighted by Crippen LogP contribution is 1.90. The zero-order chi connectivity index (χ0) is 9.68. The first-order valence-corrected chi connectivity index (χ1v) is 3.97. The fourth-order valence-electron chi connectivity index (χ4n) is 0.777. The Bertz CT molecular complexity index is 292. The Balaban J connectivity index is 2.46. The molecule has 0 spiro atoms. The molecule has 0 saturated carbocycles. The van der Waals surface area contributed by atoms with E-state index in [0.717, 1.165) is 4.73 Å². The molecule has 0 bridgehead atoms. The van der Waals surface area contributed by atoms with Crippen molar-refractivity contribution in [3.05, 3.63) is 18.7 Å². The van der Waals surface area contributed by atoms with Crippen LogP contribution in [0.1, 0.15) is 19.8 Å². The van der Waals surface area contributed by atoms with E-state index in [-0.39, 0.29) is 6.42 Å². The summed E-state index contributed by atoms with van der Waals surface area (Å²) in [6.45, 7) is 1.82. The van der Waals surface area contributed by atoms with Gasteiger partial charge in [-0.05, 0) is 6.42 Å². The van der Waals surface area contributed by atoms with Crippen LogP contribution in [0.5, 0.6) is 0 Å². The number of carbonyl (C=O) groups excluding carboxylic acids is 2. The van der Waals surface area contributed by atoms with Gasteiger partial charge in [-0.2, -0.15) is 4.73 Å². The van der Waals surface area contributed by atoms with Gasteiger partial charge in [0, 0.05) is 12.6 Å². The molecule has 0 saturated heterocycles. The molecule has 13 heavy (non-hydrogen) atoms. The first-order chi connectivity index (χ1) is 6.24. The standard InChI is InChI=1S/C8H10N2O3/c1-2-3-7(11)8(12)13-10-5-4-9-6-10/h4-6H,2-3H2,1H3. The Morgan fingerprint density at radius 2 is 2.31 bits per heavy atom. The Morgan fingerprint density at radius 1 is 1.54 bits per heavy atom. The third kappa shape index (κ3) is 2.70. The molecule has 0 unspecified atom stereocenters. The second-order valence-corrected chi connectivity index (χ2v) is 2.47. The summed E-state index contributed by atoms with van der Waals surface area (Å²) in [5, 5.41) is 0. The quantitative estimate of drug-likeness (QED) is 0.624. The molecule has 1 aromatic heterocycles. The van der Waals surface area contributed by atoms with Crippen LogP contribution in [0.15, 0.2) is 18.7 Å². The molecule has 0 fully saturated rings. The molecule has 1 rings (SSSR count). The number of ketones is 1. The van der Waals surface area contributed by atoms with Crippen molar-refractivity contribution >= 4 is 11.8 Å². The monoisotopic (exact) mass is 182 g/mol. The predicted octanol–water partition coefficient (Wildman–Crippen LogP) is 0.207. The summed E-state index contributed by atoms with van der Waals surface area (Å²) < 4.78 is 1.09. The lowest BCUT2D eigenvalue weighted by molar-refractivity contribution is -0.154. The predicted molar refractivity (Wildman–Crippen MR) is 43.7 cm³/mol. The minimum absolute atomic E-state index is 0.216. The van der Waals surface area contributed by atoms with Gasteiger partial charge >= 0.3 is 5.97 Å². The van der Waals surface area contributed by atoms with Crippen LogP contribution in [-0.4, -0.2) is 21.5 Å². The summed E-state index contributed by atoms with van der Waals surface area (Å²) in [6.07, 6.45) is 5.05. The molecule has 0 N–H and O–H groups in total. The highest BCUT2D eigenvalue weighted by molar-refractivity contribution is 6.33. The SMILES string of the molecule is CCCC(=O)C(=O)On1ccnc1. The maximum atomic E-state index is 11.0. The Hall–Kier alpha value is -1.65. The maximum absolute atomic E-state index is 11.0. The van der Waals surface area contributed by atoms with Gasteiger partial charge in [0.25, 0.3) is 0 Å². The second-order valence-electron chi connectivity index (χ2n) is 2.47. The number of nitrogens with zero attached hydrogens (tertiary/aromatic N) is 2. The summed E-state index contributed by atoms with van der Waals surface area (Å²) in [5.74, 6) is -1.36. The Labute approximate surface area is 75.3 Å². The molecule has 5 nitrogen and oxygen atoms in total. The van der Waals surface area contributed by atoms with Crippen LogP contribution in [0.2, 0.25) is 0 Å². The first-order valence-electron chi connectivity index (χ1n) is 3.97. The number of rotatable bonds is 4. The molecule has 5 heteroatoms. The summed E-state index contributed by atoms with van der Waals surface area (Å²) >= 11 is 0. The average molecular weight is 182 g/mol. The number of hydrogen-bond acceptors (Lipinski definition) is 4. The molecule has 0 atom stereocenters. The van der Waals surface area contributed by atoms with Crippen LogP contribution in [0.3, 0.4) is 0 Å². The number of hydrogen-bond donors (Lipinski definition) is 0. The molecule has 0 aliphatic heterocycles. The fourth-order valence-corrected chi connectivity index (χ4v) is 0.777. The van der Waals surface area contributed by atoms with E-state index >= 15 is 0 Å². The van der Waals surface area contributed by atoms with Gasteiger partial charge in [0.1, 0.15) is 6.33 Å². The Kier molecular flexibility index (Phi) is 3.19. The van der Waals surface area contributed by atoms with Crippen molar-refractivity contribution in [3.63, 3.8) is 0 Å². The number of Topliss-reactive ketones (excluding diaryl/α,β-unsaturated/α-hetero) is 1. The van der Waals surface area contributed by atoms with Crippen LogP contribution >= 0.6 is 0 Å². The minimum atomic E-state index is -0.847. The molecule has 1 aromatic rings. The molecule has 1 heterocycles. The molecule has 0 aromatic carbocycles. The normalized spacial score (nSPS) is 9.62. The fraction of sp³-hybridized carbons (Fsp3) is 0.375. The van der Waals surface area contributed by atoms with E-state index in [1.807, 2.05) is 6.92 Å². The van der Waals surface area contributed by atoms with E-state index < -0.39 is 11.8 Å². The van der Waals surface area contributed by atoms with Gasteiger partial charge in [-0.15, -0.1) is 0 Å². The second kappa shape index (κ2) is 4.39. The van der Waals surface area contributed by atoms with E-state index in [4.69, 9.17) is 0 Å². The van der Waals surface area contributed by atoms with Crippen molar-refractivity contribution in [2.24, 2.45) is 0 Å². The van der Waals surface area contributed by atoms with Crippen LogP contribution in [0.4, 0.5) is 0 Å². The molecule has 70 valence electrons. The summed E-state index contributed by atoms with van der Waals surface area (Å²) in [5.41, 5.74) is 0. The maximum Gasteiger partial charge on any atom is 0.399 e. The van der Waals surface area contributed by atoms with Crippen molar-refractivity contribution < 1.29 is 14.4 Å². The summed E-state index contributed by atoms with van der Waals surface area (Å²) in [7, 11) is 0. The number of imidazole rings is 1. The van der Waals surface area contributed by atoms with E-state index in [0.29, 0.717) is 6.42 Å². The molecule has 0 aliphatic carbocycles. The molecule has 0 amide bonds. The van der Waals surface area contributed by atoms with Gasteiger partial charge in [0.2, 0.25) is 5.78 Å². The first kappa shape index (κ1) is 9.44. The molecular formula is C8H10N2O3. The highest BCUT2D eigenvalue weighted by atomic mass is 16.7. The topological polar surface area (TPSA) is 61.2 Å². The van der Waals surface area contributed by atoms with Gasteiger partial charge in [-0.25, -0.2) is 9.78 Å². The van der Waals surface area contributed by atoms with Crippen molar-refractivity contribution in [2.45, 2.75) is 19.8 Å². The van der Waals surface area contributed by atoms with Gasteiger partial charge < -0.3 is 4.84 Å². The van der Waals surface area contributed by atoms with E-state index in [1.165, 1.54) is 18.7 Å². The molecule has 0 aliphatic rings. The third-order valence-corrected chi connectivity index (χ3v) is 1.37. The smallest absolute Gasteiger partial charge is 0.327 e. The van der Waals surface area contributed by atoms with Gasteiger partial charge in [-0.1, -0.05) is 6.92 Å². The number of carbonyl (C=O) groups is 2. The third-order valence-electron chi connectivity index (χ3n) is 1.37. The van der Waals surface area contributed by atoms with Crippen LogP contribution in [0.25, 0.3) is 0 Å². The molecule has 0 radical (unpaired) electrons. The summed E-state index contributed by atoms with van der Waals surface area (Å²) in [6, 6.07) is 0. The Morgan fingerprint density at radius 3 is 2.85 bits per heavy atom. The summed E-state index contributed by atoms with van der Waals surface area (Å²) in [4.78, 5) is 30.2. The van der Waals surface area contributed by atoms with Gasteiger partial charge in [0.05, 0.1) is 6.20 Å². The van der Waals surface area contributed by atoms with Crippen molar-refractivity contribution in [3.8, 4) is 0 Å². The van der Waals surface area contributed by atoms with Crippen LogP contribution in [-0.2, 0) is 9.59 Å². The number of aromatic nitrogens is 2. The van der Waals surface area contributed by atoms with E-state index in [2.05, 4.69) is 9.82 Å². The van der Waals surface area contributed by atoms with E-state index in [9.17, 15) is 9.59 Å². The lowest BCUT2D eigenvalue weighted by Gasteiger charge is -2.00.